The number of amides is 1. The van der Waals surface area contributed by atoms with Crippen LogP contribution >= 0.6 is 11.8 Å². The molecular weight excluding hydrogens is 276 g/mol. The molecule has 0 radical (unpaired) electrons. The van der Waals surface area contributed by atoms with E-state index in [1.165, 1.54) is 11.8 Å². The Bertz CT molecular complexity index is 577. The number of nitrogens with one attached hydrogen (secondary N) is 1. The maximum absolute atomic E-state index is 11.1. The molecule has 1 atom stereocenters. The summed E-state index contributed by atoms with van der Waals surface area (Å²) in [4.78, 5) is 15.0. The second kappa shape index (κ2) is 6.04. The molecule has 1 unspecified atom stereocenters. The average molecular weight is 290 g/mol. The van der Waals surface area contributed by atoms with Crippen molar-refractivity contribution in [2.24, 2.45) is 5.92 Å². The van der Waals surface area contributed by atoms with Gasteiger partial charge in [0.1, 0.15) is 0 Å². The van der Waals surface area contributed by atoms with Crippen LogP contribution in [0.4, 0.5) is 0 Å². The standard InChI is InChI=1S/C13H14N4O2S/c18-11-2-1-9(7-15-11)8-20-13-17-16-12(19-13)10-3-5-14-6-4-10/h3-6,9H,1-2,7-8H2,(H,15,18). The molecule has 2 aromatic rings. The van der Waals surface area contributed by atoms with Crippen LogP contribution in [0, 0.1) is 5.92 Å². The number of aromatic nitrogens is 3. The Morgan fingerprint density at radius 1 is 1.35 bits per heavy atom. The van der Waals surface area contributed by atoms with Gasteiger partial charge in [-0.25, -0.2) is 0 Å². The maximum Gasteiger partial charge on any atom is 0.276 e. The van der Waals surface area contributed by atoms with E-state index in [0.717, 1.165) is 24.3 Å². The van der Waals surface area contributed by atoms with Crippen molar-refractivity contribution in [2.45, 2.75) is 18.1 Å². The smallest absolute Gasteiger partial charge is 0.276 e. The third kappa shape index (κ3) is 3.16. The normalized spacial score (nSPS) is 18.8. The van der Waals surface area contributed by atoms with Crippen molar-refractivity contribution in [3.8, 4) is 11.5 Å². The largest absolute Gasteiger partial charge is 0.411 e. The maximum atomic E-state index is 11.1. The van der Waals surface area contributed by atoms with E-state index in [9.17, 15) is 4.79 Å². The van der Waals surface area contributed by atoms with Gasteiger partial charge in [-0.05, 0) is 24.5 Å². The lowest BCUT2D eigenvalue weighted by atomic mass is 10.0. The molecule has 6 nitrogen and oxygen atoms in total. The molecule has 1 saturated heterocycles. The fourth-order valence-electron chi connectivity index (χ4n) is 1.99. The van der Waals surface area contributed by atoms with E-state index in [0.29, 0.717) is 23.5 Å². The van der Waals surface area contributed by atoms with E-state index in [1.807, 2.05) is 12.1 Å². The summed E-state index contributed by atoms with van der Waals surface area (Å²) in [5.41, 5.74) is 0.865. The Hall–Kier alpha value is -1.89. The van der Waals surface area contributed by atoms with Crippen molar-refractivity contribution in [1.29, 1.82) is 0 Å². The first-order valence-electron chi connectivity index (χ1n) is 6.44. The van der Waals surface area contributed by atoms with Gasteiger partial charge in [-0.2, -0.15) is 0 Å². The second-order valence-corrected chi connectivity index (χ2v) is 5.60. The average Bonchev–Trinajstić information content (AvgIpc) is 2.97. The third-order valence-electron chi connectivity index (χ3n) is 3.14. The number of hydrogen-bond donors (Lipinski definition) is 1. The molecule has 0 aliphatic carbocycles. The van der Waals surface area contributed by atoms with Gasteiger partial charge in [-0.3, -0.25) is 9.78 Å². The summed E-state index contributed by atoms with van der Waals surface area (Å²) >= 11 is 1.54. The number of carbonyl (C=O) groups excluding carboxylic acids is 1. The molecule has 2 aromatic heterocycles. The highest BCUT2D eigenvalue weighted by atomic mass is 32.2. The summed E-state index contributed by atoms with van der Waals surface area (Å²) in [5, 5.41) is 11.5. The molecular formula is C13H14N4O2S. The molecule has 0 aromatic carbocycles. The van der Waals surface area contributed by atoms with Crippen LogP contribution in [0.15, 0.2) is 34.2 Å². The molecule has 1 amide bonds. The monoisotopic (exact) mass is 290 g/mol. The number of nitrogens with zero attached hydrogens (tertiary/aromatic N) is 3. The van der Waals surface area contributed by atoms with E-state index in [1.54, 1.807) is 12.4 Å². The van der Waals surface area contributed by atoms with E-state index in [2.05, 4.69) is 20.5 Å². The molecule has 3 rings (SSSR count). The summed E-state index contributed by atoms with van der Waals surface area (Å²) in [6, 6.07) is 3.66. The SMILES string of the molecule is O=C1CCC(CSc2nnc(-c3ccncc3)o2)CN1. The molecule has 7 heteroatoms. The highest BCUT2D eigenvalue weighted by Gasteiger charge is 2.19. The lowest BCUT2D eigenvalue weighted by Gasteiger charge is -2.20. The quantitative estimate of drug-likeness (QED) is 0.864. The van der Waals surface area contributed by atoms with Crippen molar-refractivity contribution in [2.75, 3.05) is 12.3 Å². The second-order valence-electron chi connectivity index (χ2n) is 4.63. The van der Waals surface area contributed by atoms with Crippen molar-refractivity contribution >= 4 is 17.7 Å². The van der Waals surface area contributed by atoms with Crippen LogP contribution in [0.25, 0.3) is 11.5 Å². The number of carbonyl (C=O) groups is 1. The van der Waals surface area contributed by atoms with Gasteiger partial charge < -0.3 is 9.73 Å². The van der Waals surface area contributed by atoms with Gasteiger partial charge in [0.25, 0.3) is 5.22 Å². The molecule has 0 saturated carbocycles. The van der Waals surface area contributed by atoms with Crippen molar-refractivity contribution < 1.29 is 9.21 Å². The van der Waals surface area contributed by atoms with Crippen molar-refractivity contribution in [1.82, 2.24) is 20.5 Å². The molecule has 3 heterocycles. The Morgan fingerprint density at radius 3 is 2.95 bits per heavy atom. The van der Waals surface area contributed by atoms with Gasteiger partial charge in [-0.1, -0.05) is 11.8 Å². The molecule has 104 valence electrons. The third-order valence-corrected chi connectivity index (χ3v) is 4.19. The van der Waals surface area contributed by atoms with Crippen LogP contribution in [0.3, 0.4) is 0 Å². The Kier molecular flexibility index (Phi) is 3.96. The molecule has 1 aliphatic rings. The lowest BCUT2D eigenvalue weighted by Crippen LogP contribution is -2.35. The van der Waals surface area contributed by atoms with Crippen molar-refractivity contribution in [3.63, 3.8) is 0 Å². The summed E-state index contributed by atoms with van der Waals surface area (Å²) in [6.45, 7) is 0.733. The topological polar surface area (TPSA) is 80.9 Å². The highest BCUT2D eigenvalue weighted by Crippen LogP contribution is 2.25. The Morgan fingerprint density at radius 2 is 2.20 bits per heavy atom. The van der Waals surface area contributed by atoms with Crippen LogP contribution in [0.5, 0.6) is 0 Å². The molecule has 20 heavy (non-hydrogen) atoms. The minimum absolute atomic E-state index is 0.143. The van der Waals surface area contributed by atoms with Crippen molar-refractivity contribution in [3.05, 3.63) is 24.5 Å². The number of thioether (sulfide) groups is 1. The molecule has 0 spiro atoms. The Labute approximate surface area is 120 Å². The van der Waals surface area contributed by atoms with Gasteiger partial charge in [0.2, 0.25) is 11.8 Å². The number of pyridine rings is 1. The van der Waals surface area contributed by atoms with Crippen LogP contribution in [0.2, 0.25) is 0 Å². The van der Waals surface area contributed by atoms with Gasteiger partial charge in [0.05, 0.1) is 0 Å². The van der Waals surface area contributed by atoms with Gasteiger partial charge in [-0.15, -0.1) is 10.2 Å². The first-order chi connectivity index (χ1) is 9.81. The van der Waals surface area contributed by atoms with E-state index >= 15 is 0 Å². The highest BCUT2D eigenvalue weighted by molar-refractivity contribution is 7.99. The Balaban J connectivity index is 1.57. The van der Waals surface area contributed by atoms with E-state index < -0.39 is 0 Å². The van der Waals surface area contributed by atoms with Gasteiger partial charge in [0, 0.05) is 36.7 Å². The first kappa shape index (κ1) is 13.1. The number of piperidine rings is 1. The van der Waals surface area contributed by atoms with Crippen LogP contribution in [0.1, 0.15) is 12.8 Å². The summed E-state index contributed by atoms with van der Waals surface area (Å²) < 4.78 is 5.61. The summed E-state index contributed by atoms with van der Waals surface area (Å²) in [5.74, 6) is 1.99. The summed E-state index contributed by atoms with van der Waals surface area (Å²) in [7, 11) is 0. The zero-order valence-corrected chi connectivity index (χ0v) is 11.6. The minimum atomic E-state index is 0.143. The predicted molar refractivity (Wildman–Crippen MR) is 74.0 cm³/mol. The first-order valence-corrected chi connectivity index (χ1v) is 7.43. The van der Waals surface area contributed by atoms with Crippen LogP contribution in [-0.4, -0.2) is 33.4 Å². The minimum Gasteiger partial charge on any atom is -0.411 e. The fourth-order valence-corrected chi connectivity index (χ4v) is 2.89. The number of hydrogen-bond acceptors (Lipinski definition) is 6. The van der Waals surface area contributed by atoms with E-state index in [-0.39, 0.29) is 5.91 Å². The molecule has 1 aliphatic heterocycles. The lowest BCUT2D eigenvalue weighted by molar-refractivity contribution is -0.122. The van der Waals surface area contributed by atoms with Crippen LogP contribution < -0.4 is 5.32 Å². The van der Waals surface area contributed by atoms with E-state index in [4.69, 9.17) is 4.42 Å². The fraction of sp³-hybridized carbons (Fsp3) is 0.385. The predicted octanol–water partition coefficient (Wildman–Crippen LogP) is 1.75. The number of rotatable bonds is 4. The zero-order chi connectivity index (χ0) is 13.8. The van der Waals surface area contributed by atoms with Gasteiger partial charge >= 0.3 is 0 Å². The molecule has 1 fully saturated rings. The molecule has 0 bridgehead atoms. The zero-order valence-electron chi connectivity index (χ0n) is 10.8. The van der Waals surface area contributed by atoms with Gasteiger partial charge in [0.15, 0.2) is 0 Å². The molecule has 1 N–H and O–H groups in total. The van der Waals surface area contributed by atoms with Crippen LogP contribution in [-0.2, 0) is 4.79 Å². The summed E-state index contributed by atoms with van der Waals surface area (Å²) in [6.07, 6.45) is 4.91.